The number of oxazole rings is 1. The number of aryl methyl sites for hydroxylation is 1. The number of alkyl halides is 1. The number of likely N-dealkylation sites (tertiary alicyclic amines) is 1. The van der Waals surface area contributed by atoms with Gasteiger partial charge in [0.25, 0.3) is 6.01 Å². The SMILES string of the molecule is Cc1ccc(Cl)cc1Nc1nc2ccc(CC(=O)N3C[C@@H](F)C[C@H]3COC3CCCCC3)c(F)c2o1. The number of benzene rings is 2. The quantitative estimate of drug-likeness (QED) is 0.387. The molecule has 2 aromatic carbocycles. The van der Waals surface area contributed by atoms with Gasteiger partial charge in [0.1, 0.15) is 11.7 Å². The molecule has 2 fully saturated rings. The normalized spacial score (nSPS) is 20.8. The molecule has 1 aromatic heterocycles. The Morgan fingerprint density at radius 3 is 2.86 bits per heavy atom. The molecule has 0 spiro atoms. The van der Waals surface area contributed by atoms with Crippen molar-refractivity contribution in [3.63, 3.8) is 0 Å². The van der Waals surface area contributed by atoms with Gasteiger partial charge >= 0.3 is 0 Å². The maximum atomic E-state index is 15.3. The number of carbonyl (C=O) groups is 1. The van der Waals surface area contributed by atoms with E-state index in [0.717, 1.165) is 31.2 Å². The van der Waals surface area contributed by atoms with E-state index >= 15 is 4.39 Å². The van der Waals surface area contributed by atoms with Crippen molar-refractivity contribution in [2.24, 2.45) is 0 Å². The molecule has 36 heavy (non-hydrogen) atoms. The molecule has 6 nitrogen and oxygen atoms in total. The van der Waals surface area contributed by atoms with Crippen LogP contribution in [0.25, 0.3) is 11.1 Å². The third kappa shape index (κ3) is 5.49. The number of hydrogen-bond donors (Lipinski definition) is 1. The van der Waals surface area contributed by atoms with E-state index in [0.29, 0.717) is 22.8 Å². The third-order valence-electron chi connectivity index (χ3n) is 7.12. The van der Waals surface area contributed by atoms with E-state index in [1.807, 2.05) is 13.0 Å². The molecule has 2 heterocycles. The van der Waals surface area contributed by atoms with Crippen LogP contribution in [-0.4, -0.2) is 47.3 Å². The second kappa shape index (κ2) is 10.7. The third-order valence-corrected chi connectivity index (χ3v) is 7.36. The fourth-order valence-corrected chi connectivity index (χ4v) is 5.27. The molecular formula is C27H30ClF2N3O3. The number of amides is 1. The highest BCUT2D eigenvalue weighted by Crippen LogP contribution is 2.30. The molecule has 1 aliphatic heterocycles. The molecule has 1 saturated heterocycles. The lowest BCUT2D eigenvalue weighted by molar-refractivity contribution is -0.133. The Balaban J connectivity index is 1.28. The van der Waals surface area contributed by atoms with Crippen molar-refractivity contribution in [3.05, 3.63) is 52.3 Å². The zero-order valence-electron chi connectivity index (χ0n) is 20.2. The zero-order valence-corrected chi connectivity index (χ0v) is 21.0. The predicted octanol–water partition coefficient (Wildman–Crippen LogP) is 6.50. The van der Waals surface area contributed by atoms with Crippen LogP contribution in [0.1, 0.15) is 49.7 Å². The van der Waals surface area contributed by atoms with Gasteiger partial charge in [-0.05, 0) is 43.5 Å². The second-order valence-corrected chi connectivity index (χ2v) is 10.2. The van der Waals surface area contributed by atoms with Gasteiger partial charge in [-0.25, -0.2) is 8.78 Å². The van der Waals surface area contributed by atoms with Gasteiger partial charge in [0.15, 0.2) is 11.4 Å². The Bertz CT molecular complexity index is 1240. The summed E-state index contributed by atoms with van der Waals surface area (Å²) in [5.41, 5.74) is 2.09. The molecule has 2 aliphatic rings. The minimum atomic E-state index is -1.10. The first-order valence-corrected chi connectivity index (χ1v) is 12.9. The number of hydrogen-bond acceptors (Lipinski definition) is 5. The molecule has 1 aliphatic carbocycles. The topological polar surface area (TPSA) is 67.6 Å². The molecule has 1 N–H and O–H groups in total. The van der Waals surface area contributed by atoms with Crippen molar-refractivity contribution in [1.29, 1.82) is 0 Å². The maximum Gasteiger partial charge on any atom is 0.300 e. The molecule has 0 unspecified atom stereocenters. The summed E-state index contributed by atoms with van der Waals surface area (Å²) in [6, 6.07) is 8.30. The van der Waals surface area contributed by atoms with E-state index in [1.54, 1.807) is 18.2 Å². The average Bonchev–Trinajstić information content (AvgIpc) is 3.46. The first kappa shape index (κ1) is 25.0. The number of anilines is 2. The number of halogens is 3. The van der Waals surface area contributed by atoms with Crippen molar-refractivity contribution in [3.8, 4) is 0 Å². The molecule has 9 heteroatoms. The van der Waals surface area contributed by atoms with Crippen molar-refractivity contribution in [1.82, 2.24) is 9.88 Å². The second-order valence-electron chi connectivity index (χ2n) is 9.79. The average molecular weight is 518 g/mol. The summed E-state index contributed by atoms with van der Waals surface area (Å²) in [6.45, 7) is 2.23. The summed E-state index contributed by atoms with van der Waals surface area (Å²) < 4.78 is 41.2. The van der Waals surface area contributed by atoms with Crippen LogP contribution in [-0.2, 0) is 16.0 Å². The van der Waals surface area contributed by atoms with Crippen molar-refractivity contribution in [2.75, 3.05) is 18.5 Å². The van der Waals surface area contributed by atoms with Crippen LogP contribution < -0.4 is 5.32 Å². The Morgan fingerprint density at radius 2 is 2.06 bits per heavy atom. The number of rotatable bonds is 7. The monoisotopic (exact) mass is 517 g/mol. The lowest BCUT2D eigenvalue weighted by atomic mass is 9.98. The Kier molecular flexibility index (Phi) is 7.44. The number of fused-ring (bicyclic) bond motifs is 1. The molecule has 192 valence electrons. The van der Waals surface area contributed by atoms with Gasteiger partial charge in [0.2, 0.25) is 5.91 Å². The summed E-state index contributed by atoms with van der Waals surface area (Å²) in [4.78, 5) is 18.9. The molecule has 0 bridgehead atoms. The zero-order chi connectivity index (χ0) is 25.2. The fraction of sp³-hybridized carbons (Fsp3) is 0.481. The smallest absolute Gasteiger partial charge is 0.300 e. The molecule has 1 amide bonds. The number of ether oxygens (including phenoxy) is 1. The largest absolute Gasteiger partial charge is 0.420 e. The summed E-state index contributed by atoms with van der Waals surface area (Å²) in [5, 5.41) is 3.57. The van der Waals surface area contributed by atoms with E-state index in [2.05, 4.69) is 10.3 Å². The fourth-order valence-electron chi connectivity index (χ4n) is 5.10. The number of nitrogens with one attached hydrogen (secondary N) is 1. The summed E-state index contributed by atoms with van der Waals surface area (Å²) in [7, 11) is 0. The summed E-state index contributed by atoms with van der Waals surface area (Å²) in [5.74, 6) is -0.965. The minimum Gasteiger partial charge on any atom is -0.420 e. The van der Waals surface area contributed by atoms with E-state index in [1.165, 1.54) is 17.4 Å². The van der Waals surface area contributed by atoms with Gasteiger partial charge in [-0.1, -0.05) is 43.0 Å². The molecular weight excluding hydrogens is 488 g/mol. The van der Waals surface area contributed by atoms with E-state index in [9.17, 15) is 9.18 Å². The minimum absolute atomic E-state index is 0.0107. The van der Waals surface area contributed by atoms with Crippen LogP contribution in [0.15, 0.2) is 34.7 Å². The van der Waals surface area contributed by atoms with E-state index < -0.39 is 12.0 Å². The molecule has 0 radical (unpaired) electrons. The highest BCUT2D eigenvalue weighted by molar-refractivity contribution is 6.30. The van der Waals surface area contributed by atoms with E-state index in [4.69, 9.17) is 20.8 Å². The Labute approximate surface area is 214 Å². The standard InChI is InChI=1S/C27H30ClF2N3O3/c1-16-7-9-18(28)12-23(16)32-27-31-22-10-8-17(25(30)26(22)36-27)11-24(34)33-14-19(29)13-20(33)15-35-21-5-3-2-4-6-21/h7-10,12,19-21H,2-6,11,13-15H2,1H3,(H,31,32)/t19-,20-/m0/s1. The summed E-state index contributed by atoms with van der Waals surface area (Å²) >= 11 is 6.07. The highest BCUT2D eigenvalue weighted by Gasteiger charge is 2.36. The molecule has 1 saturated carbocycles. The first-order valence-electron chi connectivity index (χ1n) is 12.5. The Morgan fingerprint density at radius 1 is 1.25 bits per heavy atom. The van der Waals surface area contributed by atoms with Crippen molar-refractivity contribution in [2.45, 2.75) is 70.2 Å². The van der Waals surface area contributed by atoms with Crippen molar-refractivity contribution < 1.29 is 22.7 Å². The van der Waals surface area contributed by atoms with Gasteiger partial charge in [-0.2, -0.15) is 4.98 Å². The lowest BCUT2D eigenvalue weighted by Gasteiger charge is -2.28. The maximum absolute atomic E-state index is 15.3. The van der Waals surface area contributed by atoms with Crippen LogP contribution in [0.3, 0.4) is 0 Å². The van der Waals surface area contributed by atoms with E-state index in [-0.39, 0.29) is 54.6 Å². The van der Waals surface area contributed by atoms with Crippen LogP contribution in [0, 0.1) is 12.7 Å². The van der Waals surface area contributed by atoms with Gasteiger partial charge in [-0.15, -0.1) is 0 Å². The molecule has 2 atom stereocenters. The van der Waals surface area contributed by atoms with Crippen LogP contribution in [0.2, 0.25) is 5.02 Å². The van der Waals surface area contributed by atoms with Gasteiger partial charge in [0, 0.05) is 22.7 Å². The van der Waals surface area contributed by atoms with Crippen LogP contribution >= 0.6 is 11.6 Å². The number of aromatic nitrogens is 1. The number of carbonyl (C=O) groups excluding carboxylic acids is 1. The predicted molar refractivity (Wildman–Crippen MR) is 135 cm³/mol. The Hall–Kier alpha value is -2.71. The first-order chi connectivity index (χ1) is 17.4. The lowest BCUT2D eigenvalue weighted by Crippen LogP contribution is -2.40. The number of nitrogens with zero attached hydrogens (tertiary/aromatic N) is 2. The molecule has 5 rings (SSSR count). The highest BCUT2D eigenvalue weighted by atomic mass is 35.5. The van der Waals surface area contributed by atoms with Crippen molar-refractivity contribution >= 4 is 40.3 Å². The summed E-state index contributed by atoms with van der Waals surface area (Å²) in [6.07, 6.45) is 4.67. The van der Waals surface area contributed by atoms with Crippen LogP contribution in [0.4, 0.5) is 20.5 Å². The van der Waals surface area contributed by atoms with Gasteiger partial charge in [-0.3, -0.25) is 4.79 Å². The molecule has 3 aromatic rings. The van der Waals surface area contributed by atoms with Gasteiger partial charge in [0.05, 0.1) is 31.7 Å². The van der Waals surface area contributed by atoms with Crippen LogP contribution in [0.5, 0.6) is 0 Å². The van der Waals surface area contributed by atoms with Gasteiger partial charge < -0.3 is 19.4 Å².